The molecule has 174 valence electrons. The van der Waals surface area contributed by atoms with Crippen molar-refractivity contribution in [3.05, 3.63) is 94.0 Å². The molecule has 9 heteroatoms. The standard InChI is InChI=1S/C24H24Cl2N2O3S2/c1-18-6-12-22(13-7-18)33(30,31)28(21-10-8-20(25)9-11-21)16-24(29)27-14-15-32-17-19-4-2-3-5-23(19)26/h2-13H,14-17H2,1H3,(H,27,29). The molecule has 0 unspecified atom stereocenters. The van der Waals surface area contributed by atoms with Crippen molar-refractivity contribution < 1.29 is 13.2 Å². The molecular weight excluding hydrogens is 499 g/mol. The summed E-state index contributed by atoms with van der Waals surface area (Å²) < 4.78 is 27.7. The smallest absolute Gasteiger partial charge is 0.264 e. The highest BCUT2D eigenvalue weighted by molar-refractivity contribution is 7.98. The van der Waals surface area contributed by atoms with Crippen molar-refractivity contribution in [1.82, 2.24) is 5.32 Å². The summed E-state index contributed by atoms with van der Waals surface area (Å²) in [7, 11) is -3.95. The van der Waals surface area contributed by atoms with Crippen LogP contribution in [0.25, 0.3) is 0 Å². The second kappa shape index (κ2) is 11.8. The lowest BCUT2D eigenvalue weighted by molar-refractivity contribution is -0.119. The predicted molar refractivity (Wildman–Crippen MR) is 138 cm³/mol. The lowest BCUT2D eigenvalue weighted by Gasteiger charge is -2.24. The molecule has 0 bridgehead atoms. The number of benzene rings is 3. The molecule has 0 heterocycles. The van der Waals surface area contributed by atoms with E-state index in [1.807, 2.05) is 31.2 Å². The average Bonchev–Trinajstić information content (AvgIpc) is 2.79. The zero-order valence-corrected chi connectivity index (χ0v) is 21.1. The van der Waals surface area contributed by atoms with Crippen LogP contribution in [0.2, 0.25) is 10.0 Å². The molecule has 0 fully saturated rings. The van der Waals surface area contributed by atoms with Crippen LogP contribution in [0.5, 0.6) is 0 Å². The van der Waals surface area contributed by atoms with Gasteiger partial charge in [0.25, 0.3) is 10.0 Å². The van der Waals surface area contributed by atoms with Gasteiger partial charge in [-0.15, -0.1) is 0 Å². The Hall–Kier alpha value is -2.19. The number of rotatable bonds is 10. The second-order valence-electron chi connectivity index (χ2n) is 7.30. The van der Waals surface area contributed by atoms with Crippen LogP contribution >= 0.6 is 35.0 Å². The zero-order chi connectivity index (χ0) is 23.8. The van der Waals surface area contributed by atoms with Gasteiger partial charge in [0.2, 0.25) is 5.91 Å². The summed E-state index contributed by atoms with van der Waals surface area (Å²) in [5.41, 5.74) is 2.34. The Balaban J connectivity index is 1.64. The second-order valence-corrected chi connectivity index (χ2v) is 11.1. The summed E-state index contributed by atoms with van der Waals surface area (Å²) in [6, 6.07) is 20.5. The molecule has 0 spiro atoms. The van der Waals surface area contributed by atoms with E-state index in [0.717, 1.165) is 21.2 Å². The first-order valence-corrected chi connectivity index (χ1v) is 13.6. The van der Waals surface area contributed by atoms with E-state index in [-0.39, 0.29) is 17.3 Å². The normalized spacial score (nSPS) is 11.2. The summed E-state index contributed by atoms with van der Waals surface area (Å²) in [5.74, 6) is 1.01. The average molecular weight is 524 g/mol. The Morgan fingerprint density at radius 1 is 0.970 bits per heavy atom. The fraction of sp³-hybridized carbons (Fsp3) is 0.208. The highest BCUT2D eigenvalue weighted by Gasteiger charge is 2.27. The maximum Gasteiger partial charge on any atom is 0.264 e. The first-order valence-electron chi connectivity index (χ1n) is 10.2. The number of aryl methyl sites for hydroxylation is 1. The van der Waals surface area contributed by atoms with Gasteiger partial charge in [0.1, 0.15) is 6.54 Å². The van der Waals surface area contributed by atoms with E-state index in [0.29, 0.717) is 28.0 Å². The van der Waals surface area contributed by atoms with Gasteiger partial charge in [-0.25, -0.2) is 8.42 Å². The number of thioether (sulfide) groups is 1. The van der Waals surface area contributed by atoms with E-state index >= 15 is 0 Å². The van der Waals surface area contributed by atoms with Gasteiger partial charge in [-0.3, -0.25) is 9.10 Å². The first kappa shape index (κ1) is 25.4. The summed E-state index contributed by atoms with van der Waals surface area (Å²) >= 11 is 13.8. The maximum absolute atomic E-state index is 13.3. The molecule has 0 radical (unpaired) electrons. The molecule has 5 nitrogen and oxygen atoms in total. The topological polar surface area (TPSA) is 66.5 Å². The van der Waals surface area contributed by atoms with Crippen molar-refractivity contribution in [2.24, 2.45) is 0 Å². The molecule has 1 amide bonds. The number of hydrogen-bond acceptors (Lipinski definition) is 4. The largest absolute Gasteiger partial charge is 0.354 e. The number of nitrogens with one attached hydrogen (secondary N) is 1. The number of carbonyl (C=O) groups excluding carboxylic acids is 1. The lowest BCUT2D eigenvalue weighted by atomic mass is 10.2. The third-order valence-corrected chi connectivity index (χ3v) is 8.21. The van der Waals surface area contributed by atoms with Crippen LogP contribution in [0.15, 0.2) is 77.7 Å². The number of amides is 1. The summed E-state index contributed by atoms with van der Waals surface area (Å²) in [6.07, 6.45) is 0. The Morgan fingerprint density at radius 3 is 2.30 bits per heavy atom. The van der Waals surface area contributed by atoms with Gasteiger partial charge in [-0.1, -0.05) is 59.1 Å². The van der Waals surface area contributed by atoms with Crippen LogP contribution in [0.1, 0.15) is 11.1 Å². The number of carbonyl (C=O) groups is 1. The summed E-state index contributed by atoms with van der Waals surface area (Å²) in [4.78, 5) is 12.8. The molecule has 33 heavy (non-hydrogen) atoms. The highest BCUT2D eigenvalue weighted by atomic mass is 35.5. The first-order chi connectivity index (χ1) is 15.8. The van der Waals surface area contributed by atoms with Gasteiger partial charge in [-0.05, 0) is 55.0 Å². The monoisotopic (exact) mass is 522 g/mol. The van der Waals surface area contributed by atoms with Crippen LogP contribution in [-0.4, -0.2) is 33.2 Å². The minimum atomic E-state index is -3.95. The number of nitrogens with zero attached hydrogens (tertiary/aromatic N) is 1. The van der Waals surface area contributed by atoms with Crippen LogP contribution < -0.4 is 9.62 Å². The van der Waals surface area contributed by atoms with Crippen LogP contribution in [-0.2, 0) is 20.6 Å². The molecule has 0 aliphatic heterocycles. The van der Waals surface area contributed by atoms with Crippen molar-refractivity contribution in [2.75, 3.05) is 23.1 Å². The number of sulfonamides is 1. The third kappa shape index (κ3) is 7.14. The maximum atomic E-state index is 13.3. The minimum Gasteiger partial charge on any atom is -0.354 e. The Kier molecular flexibility index (Phi) is 9.09. The predicted octanol–water partition coefficient (Wildman–Crippen LogP) is 5.55. The molecule has 3 aromatic rings. The highest BCUT2D eigenvalue weighted by Crippen LogP contribution is 2.25. The van der Waals surface area contributed by atoms with E-state index in [4.69, 9.17) is 23.2 Å². The van der Waals surface area contributed by atoms with Gasteiger partial charge in [0.15, 0.2) is 0 Å². The van der Waals surface area contributed by atoms with Crippen molar-refractivity contribution in [1.29, 1.82) is 0 Å². The SMILES string of the molecule is Cc1ccc(S(=O)(=O)N(CC(=O)NCCSCc2ccccc2Cl)c2ccc(Cl)cc2)cc1. The number of hydrogen-bond donors (Lipinski definition) is 1. The zero-order valence-electron chi connectivity index (χ0n) is 18.0. The van der Waals surface area contributed by atoms with Gasteiger partial charge >= 0.3 is 0 Å². The molecule has 0 aliphatic carbocycles. The van der Waals surface area contributed by atoms with E-state index in [2.05, 4.69) is 5.32 Å². The van der Waals surface area contributed by atoms with Crippen molar-refractivity contribution >= 4 is 56.6 Å². The Bertz CT molecular complexity index is 1190. The van der Waals surface area contributed by atoms with Crippen molar-refractivity contribution in [2.45, 2.75) is 17.6 Å². The molecule has 0 saturated heterocycles. The Labute approximate surface area is 209 Å². The summed E-state index contributed by atoms with van der Waals surface area (Å²) in [5, 5.41) is 4.00. The number of anilines is 1. The van der Waals surface area contributed by atoms with Crippen molar-refractivity contribution in [3.63, 3.8) is 0 Å². The van der Waals surface area contributed by atoms with E-state index < -0.39 is 10.0 Å². The van der Waals surface area contributed by atoms with E-state index in [1.54, 1.807) is 48.2 Å². The van der Waals surface area contributed by atoms with Crippen LogP contribution in [0, 0.1) is 6.92 Å². The van der Waals surface area contributed by atoms with Gasteiger partial charge in [-0.2, -0.15) is 11.8 Å². The fourth-order valence-corrected chi connectivity index (χ4v) is 5.70. The summed E-state index contributed by atoms with van der Waals surface area (Å²) in [6.45, 7) is 1.95. The van der Waals surface area contributed by atoms with Crippen molar-refractivity contribution in [3.8, 4) is 0 Å². The fourth-order valence-electron chi connectivity index (χ4n) is 3.01. The van der Waals surface area contributed by atoms with Gasteiger partial charge < -0.3 is 5.32 Å². The van der Waals surface area contributed by atoms with Gasteiger partial charge in [0, 0.05) is 28.1 Å². The molecule has 3 rings (SSSR count). The Morgan fingerprint density at radius 2 is 1.64 bits per heavy atom. The molecule has 3 aromatic carbocycles. The number of halogens is 2. The van der Waals surface area contributed by atoms with E-state index in [1.165, 1.54) is 12.1 Å². The third-order valence-electron chi connectivity index (χ3n) is 4.79. The molecular formula is C24H24Cl2N2O3S2. The van der Waals surface area contributed by atoms with Gasteiger partial charge in [0.05, 0.1) is 10.6 Å². The van der Waals surface area contributed by atoms with Crippen LogP contribution in [0.4, 0.5) is 5.69 Å². The molecule has 0 aromatic heterocycles. The van der Waals surface area contributed by atoms with E-state index in [9.17, 15) is 13.2 Å². The lowest BCUT2D eigenvalue weighted by Crippen LogP contribution is -2.41. The molecule has 1 N–H and O–H groups in total. The van der Waals surface area contributed by atoms with Crippen LogP contribution in [0.3, 0.4) is 0 Å². The molecule has 0 saturated carbocycles. The quantitative estimate of drug-likeness (QED) is 0.354. The minimum absolute atomic E-state index is 0.117. The molecule has 0 atom stereocenters. The molecule has 0 aliphatic rings.